The first kappa shape index (κ1) is 8.06. The summed E-state index contributed by atoms with van der Waals surface area (Å²) in [5.74, 6) is 0. The highest BCUT2D eigenvalue weighted by molar-refractivity contribution is 5.10. The van der Waals surface area contributed by atoms with E-state index in [9.17, 15) is 13.2 Å². The lowest BCUT2D eigenvalue weighted by Gasteiger charge is -1.98. The molecule has 0 spiro atoms. The van der Waals surface area contributed by atoms with Gasteiger partial charge in [-0.25, -0.2) is 0 Å². The van der Waals surface area contributed by atoms with Gasteiger partial charge in [0.15, 0.2) is 5.69 Å². The zero-order valence-electron chi connectivity index (χ0n) is 5.31. The van der Waals surface area contributed by atoms with Crippen LogP contribution >= 0.6 is 0 Å². The van der Waals surface area contributed by atoms with Crippen LogP contribution < -0.4 is 0 Å². The Bertz CT molecular complexity index is 242. The van der Waals surface area contributed by atoms with Crippen molar-refractivity contribution in [2.24, 2.45) is 0 Å². The average molecular weight is 166 g/mol. The molecule has 2 N–H and O–H groups in total. The van der Waals surface area contributed by atoms with Gasteiger partial charge in [-0.1, -0.05) is 0 Å². The zero-order chi connectivity index (χ0) is 8.48. The smallest absolute Gasteiger partial charge is 0.390 e. The van der Waals surface area contributed by atoms with Crippen molar-refractivity contribution in [3.8, 4) is 0 Å². The molecule has 1 aromatic rings. The molecule has 1 aromatic heterocycles. The summed E-state index contributed by atoms with van der Waals surface area (Å²) in [4.78, 5) is 0. The summed E-state index contributed by atoms with van der Waals surface area (Å²) < 4.78 is 35.3. The molecule has 0 saturated heterocycles. The number of rotatable bonds is 1. The van der Waals surface area contributed by atoms with E-state index >= 15 is 0 Å². The first-order chi connectivity index (χ1) is 5.04. The Hall–Kier alpha value is -1.04. The number of aliphatic hydroxyl groups excluding tert-OH is 1. The van der Waals surface area contributed by atoms with Gasteiger partial charge in [-0.3, -0.25) is 5.10 Å². The Labute approximate surface area is 59.8 Å². The minimum Gasteiger partial charge on any atom is -0.390 e. The average Bonchev–Trinajstić information content (AvgIpc) is 2.32. The molecule has 0 fully saturated rings. The summed E-state index contributed by atoms with van der Waals surface area (Å²) >= 11 is 0. The van der Waals surface area contributed by atoms with Crippen molar-refractivity contribution < 1.29 is 18.3 Å². The number of aliphatic hydroxyl groups is 1. The van der Waals surface area contributed by atoms with Crippen LogP contribution in [-0.2, 0) is 12.8 Å². The highest BCUT2D eigenvalue weighted by Gasteiger charge is 2.33. The van der Waals surface area contributed by atoms with Crippen molar-refractivity contribution in [1.82, 2.24) is 10.2 Å². The normalized spacial score (nSPS) is 12.0. The fourth-order valence-corrected chi connectivity index (χ4v) is 0.588. The van der Waals surface area contributed by atoms with E-state index in [-0.39, 0.29) is 5.69 Å². The van der Waals surface area contributed by atoms with Crippen molar-refractivity contribution in [2.45, 2.75) is 12.8 Å². The number of aromatic amines is 1. The second-order valence-electron chi connectivity index (χ2n) is 1.93. The lowest BCUT2D eigenvalue weighted by molar-refractivity contribution is -0.141. The van der Waals surface area contributed by atoms with E-state index < -0.39 is 18.5 Å². The van der Waals surface area contributed by atoms with Crippen molar-refractivity contribution >= 4 is 0 Å². The molecule has 0 bridgehead atoms. The molecule has 0 aliphatic rings. The second kappa shape index (κ2) is 2.54. The molecule has 0 saturated carbocycles. The molecule has 0 atom stereocenters. The van der Waals surface area contributed by atoms with Gasteiger partial charge in [0.05, 0.1) is 12.3 Å². The van der Waals surface area contributed by atoms with Gasteiger partial charge >= 0.3 is 6.18 Å². The Kier molecular flexibility index (Phi) is 1.86. The minimum absolute atomic E-state index is 0.0531. The first-order valence-corrected chi connectivity index (χ1v) is 2.76. The molecule has 0 unspecified atom stereocenters. The Balaban J connectivity index is 2.89. The zero-order valence-corrected chi connectivity index (χ0v) is 5.31. The molecule has 0 amide bonds. The minimum atomic E-state index is -4.44. The maximum Gasteiger partial charge on any atom is 0.435 e. The molecule has 62 valence electrons. The molecule has 6 heteroatoms. The number of nitrogens with one attached hydrogen (secondary N) is 1. The van der Waals surface area contributed by atoms with Crippen LogP contribution in [0, 0.1) is 0 Å². The van der Waals surface area contributed by atoms with Gasteiger partial charge in [0.1, 0.15) is 0 Å². The number of hydrogen-bond acceptors (Lipinski definition) is 2. The van der Waals surface area contributed by atoms with E-state index in [1.54, 1.807) is 0 Å². The number of alkyl halides is 3. The summed E-state index contributed by atoms with van der Waals surface area (Å²) in [5.41, 5.74) is -0.959. The van der Waals surface area contributed by atoms with Crippen LogP contribution in [-0.4, -0.2) is 15.3 Å². The third-order valence-electron chi connectivity index (χ3n) is 1.09. The summed E-state index contributed by atoms with van der Waals surface area (Å²) in [6.07, 6.45) is -4.44. The predicted molar refractivity (Wildman–Crippen MR) is 29.5 cm³/mol. The van der Waals surface area contributed by atoms with Crippen molar-refractivity contribution in [3.63, 3.8) is 0 Å². The van der Waals surface area contributed by atoms with E-state index in [0.29, 0.717) is 0 Å². The standard InChI is InChI=1S/C5H5F3N2O/c6-5(7,8)4-1-3(2-11)9-10-4/h1,11H,2H2,(H,9,10). The van der Waals surface area contributed by atoms with E-state index in [1.165, 1.54) is 0 Å². The molecule has 1 rings (SSSR count). The predicted octanol–water partition coefficient (Wildman–Crippen LogP) is 0.921. The molecule has 1 heterocycles. The maximum absolute atomic E-state index is 11.8. The lowest BCUT2D eigenvalue weighted by atomic mass is 10.3. The van der Waals surface area contributed by atoms with Crippen LogP contribution in [0.1, 0.15) is 11.4 Å². The maximum atomic E-state index is 11.8. The van der Waals surface area contributed by atoms with Crippen LogP contribution in [0.25, 0.3) is 0 Å². The fraction of sp³-hybridized carbons (Fsp3) is 0.400. The summed E-state index contributed by atoms with van der Waals surface area (Å²) in [6.45, 7) is -0.469. The topological polar surface area (TPSA) is 48.9 Å². The second-order valence-corrected chi connectivity index (χ2v) is 1.93. The van der Waals surface area contributed by atoms with Gasteiger partial charge in [-0.2, -0.15) is 18.3 Å². The third-order valence-corrected chi connectivity index (χ3v) is 1.09. The third kappa shape index (κ3) is 1.70. The van der Waals surface area contributed by atoms with Crippen LogP contribution in [0.2, 0.25) is 0 Å². The van der Waals surface area contributed by atoms with Crippen molar-refractivity contribution in [2.75, 3.05) is 0 Å². The molecule has 3 nitrogen and oxygen atoms in total. The lowest BCUT2D eigenvalue weighted by Crippen LogP contribution is -2.04. The van der Waals surface area contributed by atoms with E-state index in [1.807, 2.05) is 5.10 Å². The van der Waals surface area contributed by atoms with E-state index in [2.05, 4.69) is 5.10 Å². The van der Waals surface area contributed by atoms with E-state index in [0.717, 1.165) is 6.07 Å². The molecule has 0 aliphatic heterocycles. The van der Waals surface area contributed by atoms with Gasteiger partial charge in [0.25, 0.3) is 0 Å². The highest BCUT2D eigenvalue weighted by atomic mass is 19.4. The fourth-order valence-electron chi connectivity index (χ4n) is 0.588. The number of hydrogen-bond donors (Lipinski definition) is 2. The summed E-state index contributed by atoms with van der Waals surface area (Å²) in [5, 5.41) is 13.4. The van der Waals surface area contributed by atoms with Crippen LogP contribution in [0.4, 0.5) is 13.2 Å². The van der Waals surface area contributed by atoms with Crippen LogP contribution in [0.5, 0.6) is 0 Å². The van der Waals surface area contributed by atoms with Crippen LogP contribution in [0.15, 0.2) is 6.07 Å². The SMILES string of the molecule is OCc1cc(C(F)(F)F)n[nH]1. The molecular formula is C5H5F3N2O. The number of nitrogens with zero attached hydrogens (tertiary/aromatic N) is 1. The summed E-state index contributed by atoms with van der Waals surface area (Å²) in [6, 6.07) is 0.764. The molecule has 11 heavy (non-hydrogen) atoms. The Morgan fingerprint density at radius 2 is 2.18 bits per heavy atom. The Morgan fingerprint density at radius 3 is 2.45 bits per heavy atom. The number of H-pyrrole nitrogens is 1. The number of halogens is 3. The quantitative estimate of drug-likeness (QED) is 0.651. The molecule has 0 aliphatic carbocycles. The largest absolute Gasteiger partial charge is 0.435 e. The molecule has 0 radical (unpaired) electrons. The van der Waals surface area contributed by atoms with Gasteiger partial charge in [-0.05, 0) is 6.07 Å². The first-order valence-electron chi connectivity index (χ1n) is 2.76. The molecule has 0 aromatic carbocycles. The molecular weight excluding hydrogens is 161 g/mol. The number of aromatic nitrogens is 2. The van der Waals surface area contributed by atoms with Crippen molar-refractivity contribution in [1.29, 1.82) is 0 Å². The van der Waals surface area contributed by atoms with Gasteiger partial charge in [-0.15, -0.1) is 0 Å². The Morgan fingerprint density at radius 1 is 1.55 bits per heavy atom. The van der Waals surface area contributed by atoms with E-state index in [4.69, 9.17) is 5.11 Å². The van der Waals surface area contributed by atoms with Gasteiger partial charge in [0, 0.05) is 0 Å². The monoisotopic (exact) mass is 166 g/mol. The van der Waals surface area contributed by atoms with Gasteiger partial charge in [0.2, 0.25) is 0 Å². The van der Waals surface area contributed by atoms with Crippen molar-refractivity contribution in [3.05, 3.63) is 17.5 Å². The van der Waals surface area contributed by atoms with Crippen LogP contribution in [0.3, 0.4) is 0 Å². The highest BCUT2D eigenvalue weighted by Crippen LogP contribution is 2.27. The summed E-state index contributed by atoms with van der Waals surface area (Å²) in [7, 11) is 0. The van der Waals surface area contributed by atoms with Gasteiger partial charge < -0.3 is 5.11 Å².